The van der Waals surface area contributed by atoms with Gasteiger partial charge in [-0.15, -0.1) is 6.58 Å². The highest BCUT2D eigenvalue weighted by atomic mass is 16.5. The van der Waals surface area contributed by atoms with Crippen LogP contribution in [0.3, 0.4) is 0 Å². The summed E-state index contributed by atoms with van der Waals surface area (Å²) in [6.45, 7) is 7.44. The van der Waals surface area contributed by atoms with Crippen molar-refractivity contribution in [1.82, 2.24) is 0 Å². The largest absolute Gasteiger partial charge is 0.466 e. The van der Waals surface area contributed by atoms with E-state index in [2.05, 4.69) is 11.3 Å². The van der Waals surface area contributed by atoms with Crippen LogP contribution in [0.1, 0.15) is 13.8 Å². The number of ether oxygens (including phenoxy) is 1. The molecule has 0 aromatic carbocycles. The van der Waals surface area contributed by atoms with E-state index in [0.717, 1.165) is 0 Å². The standard InChI is InChI=1S/C7H12O2/c1-4-6(3)7(8)9-5-2/h4,6H,1,5H2,2-3H3/t6-/m1/s1. The average Bonchev–Trinajstić information content (AvgIpc) is 1.87. The zero-order valence-electron chi connectivity index (χ0n) is 5.89. The van der Waals surface area contributed by atoms with E-state index < -0.39 is 0 Å². The summed E-state index contributed by atoms with van der Waals surface area (Å²) in [4.78, 5) is 10.7. The van der Waals surface area contributed by atoms with Gasteiger partial charge in [-0.05, 0) is 13.8 Å². The normalized spacial score (nSPS) is 12.2. The first kappa shape index (κ1) is 8.21. The third-order valence-corrected chi connectivity index (χ3v) is 1.01. The molecule has 0 spiro atoms. The Kier molecular flexibility index (Phi) is 3.76. The Labute approximate surface area is 55.5 Å². The molecule has 52 valence electrons. The van der Waals surface area contributed by atoms with E-state index in [9.17, 15) is 4.79 Å². The lowest BCUT2D eigenvalue weighted by Gasteiger charge is -2.03. The van der Waals surface area contributed by atoms with E-state index in [-0.39, 0.29) is 11.9 Å². The van der Waals surface area contributed by atoms with Crippen molar-refractivity contribution in [3.05, 3.63) is 12.7 Å². The van der Waals surface area contributed by atoms with Crippen LogP contribution >= 0.6 is 0 Å². The van der Waals surface area contributed by atoms with E-state index in [1.54, 1.807) is 19.9 Å². The summed E-state index contributed by atoms with van der Waals surface area (Å²) in [5, 5.41) is 0. The summed E-state index contributed by atoms with van der Waals surface area (Å²) < 4.78 is 4.68. The lowest BCUT2D eigenvalue weighted by atomic mass is 10.2. The Morgan fingerprint density at radius 3 is 2.78 bits per heavy atom. The number of carbonyl (C=O) groups is 1. The molecule has 9 heavy (non-hydrogen) atoms. The monoisotopic (exact) mass is 128 g/mol. The van der Waals surface area contributed by atoms with E-state index in [0.29, 0.717) is 6.61 Å². The zero-order valence-corrected chi connectivity index (χ0v) is 5.89. The Hall–Kier alpha value is -0.790. The van der Waals surface area contributed by atoms with E-state index in [4.69, 9.17) is 0 Å². The highest BCUT2D eigenvalue weighted by Gasteiger charge is 2.07. The van der Waals surface area contributed by atoms with Crippen molar-refractivity contribution in [3.63, 3.8) is 0 Å². The quantitative estimate of drug-likeness (QED) is 0.424. The average molecular weight is 128 g/mol. The first-order valence-electron chi connectivity index (χ1n) is 3.01. The van der Waals surface area contributed by atoms with Crippen LogP contribution < -0.4 is 0 Å². The van der Waals surface area contributed by atoms with Gasteiger partial charge in [-0.3, -0.25) is 4.79 Å². The van der Waals surface area contributed by atoms with Gasteiger partial charge in [0.1, 0.15) is 0 Å². The first-order chi connectivity index (χ1) is 4.22. The summed E-state index contributed by atoms with van der Waals surface area (Å²) in [5.74, 6) is -0.377. The van der Waals surface area contributed by atoms with Gasteiger partial charge in [0.2, 0.25) is 0 Å². The van der Waals surface area contributed by atoms with Gasteiger partial charge in [-0.25, -0.2) is 0 Å². The van der Waals surface area contributed by atoms with Gasteiger partial charge in [-0.2, -0.15) is 0 Å². The molecule has 0 aliphatic heterocycles. The summed E-state index contributed by atoms with van der Waals surface area (Å²) in [7, 11) is 0. The maximum absolute atomic E-state index is 10.7. The van der Waals surface area contributed by atoms with Crippen LogP contribution in [-0.2, 0) is 9.53 Å². The highest BCUT2D eigenvalue weighted by molar-refractivity contribution is 5.73. The SMILES string of the molecule is C=C[C@@H](C)C(=O)OCC. The predicted octanol–water partition coefficient (Wildman–Crippen LogP) is 1.37. The van der Waals surface area contributed by atoms with Crippen molar-refractivity contribution in [2.45, 2.75) is 13.8 Å². The van der Waals surface area contributed by atoms with Crippen molar-refractivity contribution in [1.29, 1.82) is 0 Å². The van der Waals surface area contributed by atoms with Crippen molar-refractivity contribution < 1.29 is 9.53 Å². The van der Waals surface area contributed by atoms with Crippen LogP contribution in [-0.4, -0.2) is 12.6 Å². The van der Waals surface area contributed by atoms with Crippen LogP contribution in [0, 0.1) is 5.92 Å². The van der Waals surface area contributed by atoms with Crippen LogP contribution in [0.2, 0.25) is 0 Å². The molecule has 2 nitrogen and oxygen atoms in total. The summed E-state index contributed by atoms with van der Waals surface area (Å²) in [5.41, 5.74) is 0. The minimum atomic E-state index is -0.201. The van der Waals surface area contributed by atoms with Gasteiger partial charge in [0.25, 0.3) is 0 Å². The van der Waals surface area contributed by atoms with E-state index in [1.165, 1.54) is 0 Å². The molecule has 0 aromatic heterocycles. The maximum Gasteiger partial charge on any atom is 0.312 e. The van der Waals surface area contributed by atoms with Crippen molar-refractivity contribution in [2.75, 3.05) is 6.61 Å². The minimum Gasteiger partial charge on any atom is -0.466 e. The summed E-state index contributed by atoms with van der Waals surface area (Å²) >= 11 is 0. The summed E-state index contributed by atoms with van der Waals surface area (Å²) in [6.07, 6.45) is 1.57. The van der Waals surface area contributed by atoms with E-state index >= 15 is 0 Å². The Morgan fingerprint density at radius 1 is 1.89 bits per heavy atom. The lowest BCUT2D eigenvalue weighted by molar-refractivity contribution is -0.145. The molecule has 0 radical (unpaired) electrons. The fourth-order valence-corrected chi connectivity index (χ4v) is 0.370. The summed E-state index contributed by atoms with van der Waals surface area (Å²) in [6, 6.07) is 0. The van der Waals surface area contributed by atoms with Crippen LogP contribution in [0.5, 0.6) is 0 Å². The molecule has 0 aliphatic carbocycles. The molecular weight excluding hydrogens is 116 g/mol. The molecule has 0 N–H and O–H groups in total. The van der Waals surface area contributed by atoms with Crippen LogP contribution in [0.4, 0.5) is 0 Å². The molecule has 0 aromatic rings. The maximum atomic E-state index is 10.7. The second-order valence-corrected chi connectivity index (χ2v) is 1.78. The van der Waals surface area contributed by atoms with Gasteiger partial charge >= 0.3 is 5.97 Å². The van der Waals surface area contributed by atoms with Crippen molar-refractivity contribution >= 4 is 5.97 Å². The fraction of sp³-hybridized carbons (Fsp3) is 0.571. The van der Waals surface area contributed by atoms with Gasteiger partial charge in [-0.1, -0.05) is 6.08 Å². The smallest absolute Gasteiger partial charge is 0.312 e. The van der Waals surface area contributed by atoms with Crippen molar-refractivity contribution in [3.8, 4) is 0 Å². The molecule has 0 aliphatic rings. The van der Waals surface area contributed by atoms with Crippen molar-refractivity contribution in [2.24, 2.45) is 5.92 Å². The number of rotatable bonds is 3. The third kappa shape index (κ3) is 2.90. The second-order valence-electron chi connectivity index (χ2n) is 1.78. The first-order valence-corrected chi connectivity index (χ1v) is 3.01. The van der Waals surface area contributed by atoms with Gasteiger partial charge in [0, 0.05) is 0 Å². The number of hydrogen-bond acceptors (Lipinski definition) is 2. The van der Waals surface area contributed by atoms with Gasteiger partial charge in [0.05, 0.1) is 12.5 Å². The molecule has 0 heterocycles. The van der Waals surface area contributed by atoms with Gasteiger partial charge < -0.3 is 4.74 Å². The minimum absolute atomic E-state index is 0.176. The Balaban J connectivity index is 3.58. The molecular formula is C7H12O2. The third-order valence-electron chi connectivity index (χ3n) is 1.01. The topological polar surface area (TPSA) is 26.3 Å². The molecule has 2 heteroatoms. The molecule has 0 rings (SSSR count). The molecule has 0 saturated heterocycles. The molecule has 1 atom stereocenters. The molecule has 0 bridgehead atoms. The number of carbonyl (C=O) groups excluding carboxylic acids is 1. The second kappa shape index (κ2) is 4.13. The van der Waals surface area contributed by atoms with E-state index in [1.807, 2.05) is 0 Å². The van der Waals surface area contributed by atoms with Crippen LogP contribution in [0.25, 0.3) is 0 Å². The number of esters is 1. The Morgan fingerprint density at radius 2 is 2.44 bits per heavy atom. The lowest BCUT2D eigenvalue weighted by Crippen LogP contribution is -2.11. The molecule has 0 unspecified atom stereocenters. The fourth-order valence-electron chi connectivity index (χ4n) is 0.370. The van der Waals surface area contributed by atoms with Gasteiger partial charge in [0.15, 0.2) is 0 Å². The highest BCUT2D eigenvalue weighted by Crippen LogP contribution is 1.97. The molecule has 0 amide bonds. The molecule has 0 fully saturated rings. The predicted molar refractivity (Wildman–Crippen MR) is 36.0 cm³/mol. The molecule has 0 saturated carbocycles. The zero-order chi connectivity index (χ0) is 7.28. The Bertz CT molecular complexity index is 107. The number of hydrogen-bond donors (Lipinski definition) is 0. The van der Waals surface area contributed by atoms with Crippen LogP contribution in [0.15, 0.2) is 12.7 Å².